The van der Waals surface area contributed by atoms with E-state index >= 15 is 0 Å². The highest BCUT2D eigenvalue weighted by Crippen LogP contribution is 2.41. The molecule has 4 aromatic carbocycles. The van der Waals surface area contributed by atoms with E-state index < -0.39 is 0 Å². The van der Waals surface area contributed by atoms with E-state index in [-0.39, 0.29) is 6.17 Å². The van der Waals surface area contributed by atoms with Crippen LogP contribution in [0.3, 0.4) is 0 Å². The molecule has 4 nitrogen and oxygen atoms in total. The third-order valence-electron chi connectivity index (χ3n) is 6.28. The third kappa shape index (κ3) is 2.98. The molecule has 0 saturated carbocycles. The van der Waals surface area contributed by atoms with Gasteiger partial charge in [-0.2, -0.15) is 0 Å². The smallest absolute Gasteiger partial charge is 0.212 e. The van der Waals surface area contributed by atoms with Crippen LogP contribution in [0, 0.1) is 0 Å². The number of amidine groups is 1. The minimum Gasteiger partial charge on any atom is -0.310 e. The Balaban J connectivity index is 1.50. The molecule has 1 N–H and O–H groups in total. The number of thiophene rings is 1. The van der Waals surface area contributed by atoms with Crippen LogP contribution >= 0.6 is 11.3 Å². The van der Waals surface area contributed by atoms with Gasteiger partial charge in [-0.15, -0.1) is 11.3 Å². The predicted octanol–water partition coefficient (Wildman–Crippen LogP) is 6.96. The maximum atomic E-state index is 5.13. The van der Waals surface area contributed by atoms with Crippen LogP contribution in [0.1, 0.15) is 17.3 Å². The summed E-state index contributed by atoms with van der Waals surface area (Å²) >= 11 is 1.80. The van der Waals surface area contributed by atoms with E-state index in [9.17, 15) is 0 Å². The average Bonchev–Trinajstić information content (AvgIpc) is 3.44. The number of aliphatic imine (C=N–C) groups is 2. The summed E-state index contributed by atoms with van der Waals surface area (Å²) in [6, 6.07) is 37.8. The molecule has 2 aromatic heterocycles. The molecule has 0 radical (unpaired) electrons. The van der Waals surface area contributed by atoms with Crippen molar-refractivity contribution in [1.82, 2.24) is 9.88 Å². The summed E-state index contributed by atoms with van der Waals surface area (Å²) in [5, 5.41) is 7.37. The van der Waals surface area contributed by atoms with Gasteiger partial charge in [-0.05, 0) is 17.7 Å². The second kappa shape index (κ2) is 7.68. The van der Waals surface area contributed by atoms with E-state index in [1.807, 2.05) is 36.4 Å². The van der Waals surface area contributed by atoms with Crippen LogP contribution in [0.15, 0.2) is 119 Å². The Hall–Kier alpha value is -4.22. The predicted molar refractivity (Wildman–Crippen MR) is 143 cm³/mol. The largest absolute Gasteiger partial charge is 0.310 e. The topological polar surface area (TPSA) is 41.7 Å². The first-order valence-corrected chi connectivity index (χ1v) is 12.1. The van der Waals surface area contributed by atoms with Crippen molar-refractivity contribution in [2.24, 2.45) is 9.98 Å². The summed E-state index contributed by atoms with van der Waals surface area (Å²) in [5.41, 5.74) is 3.25. The SMILES string of the molecule is c1ccc(C2=NC(c3ccccc3)N=C(n3c4ccccc4c4c5ccccc5sc43)N2)cc1. The number of benzene rings is 4. The first-order chi connectivity index (χ1) is 16.9. The van der Waals surface area contributed by atoms with Crippen LogP contribution in [0.4, 0.5) is 0 Å². The number of nitrogens with zero attached hydrogens (tertiary/aromatic N) is 3. The van der Waals surface area contributed by atoms with Crippen LogP contribution in [0.25, 0.3) is 31.2 Å². The number of hydrogen-bond acceptors (Lipinski definition) is 4. The van der Waals surface area contributed by atoms with Crippen LogP contribution in [-0.2, 0) is 0 Å². The van der Waals surface area contributed by atoms with Crippen molar-refractivity contribution in [3.05, 3.63) is 120 Å². The van der Waals surface area contributed by atoms with Gasteiger partial charge in [0.25, 0.3) is 0 Å². The zero-order valence-electron chi connectivity index (χ0n) is 18.2. The lowest BCUT2D eigenvalue weighted by molar-refractivity contribution is 0.745. The van der Waals surface area contributed by atoms with Crippen molar-refractivity contribution in [3.8, 4) is 0 Å². The molecular weight excluding hydrogens is 436 g/mol. The minimum atomic E-state index is -0.321. The molecule has 0 amide bonds. The van der Waals surface area contributed by atoms with Gasteiger partial charge in [-0.25, -0.2) is 9.98 Å². The van der Waals surface area contributed by atoms with E-state index in [2.05, 4.69) is 82.7 Å². The van der Waals surface area contributed by atoms with Gasteiger partial charge in [0.05, 0.1) is 5.52 Å². The average molecular weight is 457 g/mol. The fraction of sp³-hybridized carbons (Fsp3) is 0.0345. The summed E-state index contributed by atoms with van der Waals surface area (Å²) in [7, 11) is 0. The van der Waals surface area contributed by atoms with Gasteiger partial charge in [0.2, 0.25) is 5.96 Å². The molecule has 34 heavy (non-hydrogen) atoms. The van der Waals surface area contributed by atoms with Crippen molar-refractivity contribution in [2.75, 3.05) is 0 Å². The zero-order valence-corrected chi connectivity index (χ0v) is 19.0. The van der Waals surface area contributed by atoms with Crippen molar-refractivity contribution in [1.29, 1.82) is 0 Å². The van der Waals surface area contributed by atoms with Gasteiger partial charge in [0, 0.05) is 26.4 Å². The Kier molecular flexibility index (Phi) is 4.35. The second-order valence-corrected chi connectivity index (χ2v) is 9.37. The molecule has 6 aromatic rings. The van der Waals surface area contributed by atoms with Gasteiger partial charge in [0.15, 0.2) is 6.17 Å². The van der Waals surface area contributed by atoms with Gasteiger partial charge in [-0.3, -0.25) is 4.57 Å². The van der Waals surface area contributed by atoms with E-state index in [4.69, 9.17) is 9.98 Å². The molecule has 162 valence electrons. The van der Waals surface area contributed by atoms with E-state index in [0.717, 1.165) is 28.4 Å². The monoisotopic (exact) mass is 456 g/mol. The number of nitrogens with one attached hydrogen (secondary N) is 1. The van der Waals surface area contributed by atoms with E-state index in [0.29, 0.717) is 0 Å². The molecule has 1 atom stereocenters. The summed E-state index contributed by atoms with van der Waals surface area (Å²) in [6.07, 6.45) is -0.321. The summed E-state index contributed by atoms with van der Waals surface area (Å²) < 4.78 is 3.54. The molecule has 3 heterocycles. The quantitative estimate of drug-likeness (QED) is 0.301. The lowest BCUT2D eigenvalue weighted by Crippen LogP contribution is -2.39. The Bertz CT molecular complexity index is 1730. The van der Waals surface area contributed by atoms with Crippen molar-refractivity contribution in [3.63, 3.8) is 0 Å². The molecule has 0 spiro atoms. The molecule has 5 heteroatoms. The van der Waals surface area contributed by atoms with Gasteiger partial charge >= 0.3 is 0 Å². The molecule has 1 aliphatic rings. The van der Waals surface area contributed by atoms with Crippen LogP contribution < -0.4 is 5.32 Å². The standard InChI is InChI=1S/C29H20N4S/c1-3-11-19(12-4-1)26-30-27(20-13-5-2-6-14-20)32-29(31-26)33-23-17-9-7-15-21(23)25-22-16-8-10-18-24(22)34-28(25)33/h1-18,26H,(H,30,31,32). The molecule has 1 unspecified atom stereocenters. The number of rotatable bonds is 2. The number of fused-ring (bicyclic) bond motifs is 5. The van der Waals surface area contributed by atoms with Gasteiger partial charge in [-0.1, -0.05) is 97.1 Å². The normalized spacial score (nSPS) is 15.9. The Morgan fingerprint density at radius 3 is 2.18 bits per heavy atom. The number of para-hydroxylation sites is 1. The van der Waals surface area contributed by atoms with Crippen molar-refractivity contribution in [2.45, 2.75) is 6.17 Å². The first kappa shape index (κ1) is 19.3. The van der Waals surface area contributed by atoms with E-state index in [1.165, 1.54) is 25.7 Å². The van der Waals surface area contributed by atoms with Gasteiger partial charge < -0.3 is 5.32 Å². The lowest BCUT2D eigenvalue weighted by atomic mass is 10.1. The highest BCUT2D eigenvalue weighted by molar-refractivity contribution is 7.25. The third-order valence-corrected chi connectivity index (χ3v) is 7.43. The molecule has 7 rings (SSSR count). The molecule has 1 aliphatic heterocycles. The summed E-state index contributed by atoms with van der Waals surface area (Å²) in [5.74, 6) is 1.62. The lowest BCUT2D eigenvalue weighted by Gasteiger charge is -2.23. The Labute approximate surface area is 200 Å². The first-order valence-electron chi connectivity index (χ1n) is 11.3. The highest BCUT2D eigenvalue weighted by Gasteiger charge is 2.25. The fourth-order valence-electron chi connectivity index (χ4n) is 4.72. The molecule has 0 aliphatic carbocycles. The summed E-state index contributed by atoms with van der Waals surface area (Å²) in [6.45, 7) is 0. The fourth-order valence-corrected chi connectivity index (χ4v) is 5.95. The molecule has 0 bridgehead atoms. The van der Waals surface area contributed by atoms with Crippen molar-refractivity contribution < 1.29 is 0 Å². The maximum Gasteiger partial charge on any atom is 0.212 e. The number of aromatic nitrogens is 1. The van der Waals surface area contributed by atoms with Crippen LogP contribution in [-0.4, -0.2) is 16.4 Å². The Morgan fingerprint density at radius 1 is 0.676 bits per heavy atom. The highest BCUT2D eigenvalue weighted by atomic mass is 32.1. The maximum absolute atomic E-state index is 5.13. The zero-order chi connectivity index (χ0) is 22.5. The minimum absolute atomic E-state index is 0.321. The molecule has 0 saturated heterocycles. The Morgan fingerprint density at radius 2 is 1.35 bits per heavy atom. The second-order valence-electron chi connectivity index (χ2n) is 8.34. The molecule has 0 fully saturated rings. The van der Waals surface area contributed by atoms with E-state index in [1.54, 1.807) is 11.3 Å². The van der Waals surface area contributed by atoms with Crippen LogP contribution in [0.2, 0.25) is 0 Å². The summed E-state index contributed by atoms with van der Waals surface area (Å²) in [4.78, 5) is 11.3. The van der Waals surface area contributed by atoms with Crippen molar-refractivity contribution >= 4 is 54.3 Å². The number of hydrogen-bond donors (Lipinski definition) is 1. The van der Waals surface area contributed by atoms with Gasteiger partial charge in [0.1, 0.15) is 10.7 Å². The molecular formula is C29H20N4S. The van der Waals surface area contributed by atoms with Crippen LogP contribution in [0.5, 0.6) is 0 Å².